The van der Waals surface area contributed by atoms with E-state index in [-0.39, 0.29) is 17.0 Å². The van der Waals surface area contributed by atoms with E-state index in [0.29, 0.717) is 13.0 Å². The molecule has 1 heterocycles. The summed E-state index contributed by atoms with van der Waals surface area (Å²) in [6.45, 7) is 0.549. The topological polar surface area (TPSA) is 89.8 Å². The molecule has 0 radical (unpaired) electrons. The largest absolute Gasteiger partial charge is 0.467 e. The number of ether oxygens (including phenoxy) is 1. The van der Waals surface area contributed by atoms with E-state index in [1.165, 1.54) is 19.2 Å². The molecule has 1 aliphatic carbocycles. The zero-order valence-corrected chi connectivity index (χ0v) is 15.7. The van der Waals surface area contributed by atoms with Crippen molar-refractivity contribution in [3.63, 3.8) is 0 Å². The first-order valence-electron chi connectivity index (χ1n) is 9.59. The van der Waals surface area contributed by atoms with Gasteiger partial charge in [-0.3, -0.25) is 14.9 Å². The monoisotopic (exact) mass is 374 g/mol. The van der Waals surface area contributed by atoms with Crippen molar-refractivity contribution >= 4 is 17.6 Å². The van der Waals surface area contributed by atoms with Gasteiger partial charge < -0.3 is 9.64 Å². The van der Waals surface area contributed by atoms with E-state index in [4.69, 9.17) is 4.74 Å². The highest BCUT2D eigenvalue weighted by molar-refractivity contribution is 5.88. The highest BCUT2D eigenvalue weighted by Crippen LogP contribution is 2.45. The lowest BCUT2D eigenvalue weighted by molar-refractivity contribution is -0.384. The van der Waals surface area contributed by atoms with Gasteiger partial charge in [0.15, 0.2) is 0 Å². The Morgan fingerprint density at radius 2 is 1.78 bits per heavy atom. The van der Waals surface area contributed by atoms with Crippen LogP contribution >= 0.6 is 0 Å². The van der Waals surface area contributed by atoms with E-state index in [2.05, 4.69) is 0 Å². The first-order chi connectivity index (χ1) is 13.0. The number of non-ortho nitro benzene ring substituents is 1. The number of nitrogens with zero attached hydrogens (tertiary/aromatic N) is 2. The zero-order valence-electron chi connectivity index (χ0n) is 15.7. The van der Waals surface area contributed by atoms with Crippen molar-refractivity contribution in [3.8, 4) is 0 Å². The molecule has 0 N–H and O–H groups in total. The van der Waals surface area contributed by atoms with Crippen molar-refractivity contribution in [2.24, 2.45) is 5.41 Å². The Labute approximate surface area is 158 Å². The lowest BCUT2D eigenvalue weighted by Gasteiger charge is -2.35. The molecule has 1 saturated heterocycles. The summed E-state index contributed by atoms with van der Waals surface area (Å²) in [7, 11) is 1.33. The number of carbonyl (C=O) groups excluding carboxylic acids is 2. The maximum absolute atomic E-state index is 13.4. The summed E-state index contributed by atoms with van der Waals surface area (Å²) in [6, 6.07) is 5.43. The second kappa shape index (κ2) is 8.06. The fourth-order valence-electron chi connectivity index (χ4n) is 4.51. The van der Waals surface area contributed by atoms with Gasteiger partial charge >= 0.3 is 5.97 Å². The van der Waals surface area contributed by atoms with Crippen LogP contribution in [0.15, 0.2) is 24.3 Å². The molecule has 2 aliphatic rings. The van der Waals surface area contributed by atoms with Gasteiger partial charge in [-0.15, -0.1) is 0 Å². The third-order valence-electron chi connectivity index (χ3n) is 6.01. The van der Waals surface area contributed by atoms with E-state index in [0.717, 1.165) is 50.5 Å². The standard InChI is InChI=1S/C20H26N2O5/c1-27-18(23)17(14-15-6-8-16(9-7-15)22(25)26)21-13-5-4-12-20(19(21)24)10-2-3-11-20/h6-9,17H,2-5,10-14H2,1H3/t17-/m0/s1. The zero-order chi connectivity index (χ0) is 19.4. The number of rotatable bonds is 5. The third kappa shape index (κ3) is 3.96. The van der Waals surface area contributed by atoms with E-state index >= 15 is 0 Å². The van der Waals surface area contributed by atoms with E-state index in [9.17, 15) is 19.7 Å². The number of methoxy groups -OCH3 is 1. The quantitative estimate of drug-likeness (QED) is 0.448. The minimum atomic E-state index is -0.695. The minimum absolute atomic E-state index is 0.00382. The molecule has 1 aromatic carbocycles. The van der Waals surface area contributed by atoms with E-state index < -0.39 is 16.9 Å². The fourth-order valence-corrected chi connectivity index (χ4v) is 4.51. The molecule has 0 aromatic heterocycles. The first kappa shape index (κ1) is 19.3. The van der Waals surface area contributed by atoms with Crippen molar-refractivity contribution in [1.82, 2.24) is 4.90 Å². The average Bonchev–Trinajstić information content (AvgIpc) is 3.09. The number of amides is 1. The van der Waals surface area contributed by atoms with Crippen LogP contribution in [0.5, 0.6) is 0 Å². The normalized spacial score (nSPS) is 20.3. The average molecular weight is 374 g/mol. The molecule has 0 bridgehead atoms. The number of nitro groups is 1. The Morgan fingerprint density at radius 3 is 2.33 bits per heavy atom. The molecular formula is C20H26N2O5. The highest BCUT2D eigenvalue weighted by atomic mass is 16.6. The Kier molecular flexibility index (Phi) is 5.77. The fraction of sp³-hybridized carbons (Fsp3) is 0.600. The lowest BCUT2D eigenvalue weighted by Crippen LogP contribution is -2.51. The van der Waals surface area contributed by atoms with Gasteiger partial charge in [0.05, 0.1) is 12.0 Å². The predicted octanol–water partition coefficient (Wildman–Crippen LogP) is 3.25. The summed E-state index contributed by atoms with van der Waals surface area (Å²) in [5, 5.41) is 10.8. The van der Waals surface area contributed by atoms with Crippen LogP contribution in [0.3, 0.4) is 0 Å². The van der Waals surface area contributed by atoms with Gasteiger partial charge in [-0.1, -0.05) is 31.4 Å². The molecule has 1 atom stereocenters. The smallest absolute Gasteiger partial charge is 0.328 e. The molecule has 2 fully saturated rings. The van der Waals surface area contributed by atoms with Crippen molar-refractivity contribution in [1.29, 1.82) is 0 Å². The summed E-state index contributed by atoms with van der Waals surface area (Å²) in [5.74, 6) is -0.355. The van der Waals surface area contributed by atoms with Crippen LogP contribution in [0.2, 0.25) is 0 Å². The summed E-state index contributed by atoms with van der Waals surface area (Å²) < 4.78 is 5.00. The van der Waals surface area contributed by atoms with Gasteiger partial charge in [-0.25, -0.2) is 4.79 Å². The van der Waals surface area contributed by atoms with Crippen LogP contribution in [0.1, 0.15) is 50.5 Å². The molecule has 0 unspecified atom stereocenters. The number of likely N-dealkylation sites (tertiary alicyclic amines) is 1. The number of benzene rings is 1. The maximum atomic E-state index is 13.4. The molecule has 3 rings (SSSR count). The second-order valence-corrected chi connectivity index (χ2v) is 7.61. The highest BCUT2D eigenvalue weighted by Gasteiger charge is 2.47. The molecule has 1 aromatic rings. The first-order valence-corrected chi connectivity index (χ1v) is 9.59. The van der Waals surface area contributed by atoms with Crippen LogP contribution in [0.25, 0.3) is 0 Å². The van der Waals surface area contributed by atoms with E-state index in [1.807, 2.05) is 0 Å². The Balaban J connectivity index is 1.85. The van der Waals surface area contributed by atoms with Crippen molar-refractivity contribution in [3.05, 3.63) is 39.9 Å². The summed E-state index contributed by atoms with van der Waals surface area (Å²) in [5.41, 5.74) is 0.454. The lowest BCUT2D eigenvalue weighted by atomic mass is 9.80. The Bertz CT molecular complexity index is 710. The Hall–Kier alpha value is -2.44. The predicted molar refractivity (Wildman–Crippen MR) is 99.1 cm³/mol. The number of esters is 1. The minimum Gasteiger partial charge on any atom is -0.467 e. The van der Waals surface area contributed by atoms with Crippen LogP contribution in [0.4, 0.5) is 5.69 Å². The van der Waals surface area contributed by atoms with Crippen molar-refractivity contribution < 1.29 is 19.2 Å². The van der Waals surface area contributed by atoms with Gasteiger partial charge in [0.2, 0.25) is 5.91 Å². The van der Waals surface area contributed by atoms with Crippen LogP contribution in [-0.2, 0) is 20.7 Å². The molecule has 27 heavy (non-hydrogen) atoms. The van der Waals surface area contributed by atoms with Crippen LogP contribution in [-0.4, -0.2) is 41.4 Å². The number of nitro benzene ring substituents is 1. The molecule has 7 nitrogen and oxygen atoms in total. The van der Waals surface area contributed by atoms with Crippen LogP contribution in [0, 0.1) is 15.5 Å². The molecule has 1 spiro atoms. The molecular weight excluding hydrogens is 348 g/mol. The van der Waals surface area contributed by atoms with Crippen molar-refractivity contribution in [2.75, 3.05) is 13.7 Å². The van der Waals surface area contributed by atoms with Gasteiger partial charge in [-0.2, -0.15) is 0 Å². The molecule has 1 amide bonds. The van der Waals surface area contributed by atoms with Gasteiger partial charge in [-0.05, 0) is 31.2 Å². The SMILES string of the molecule is COC(=O)[C@H](Cc1ccc([N+](=O)[O-])cc1)N1CCCCC2(CCCC2)C1=O. The molecule has 146 valence electrons. The number of hydrogen-bond acceptors (Lipinski definition) is 5. The molecule has 7 heteroatoms. The van der Waals surface area contributed by atoms with E-state index in [1.54, 1.807) is 17.0 Å². The van der Waals surface area contributed by atoms with Crippen molar-refractivity contribution in [2.45, 2.75) is 57.4 Å². The molecule has 1 aliphatic heterocycles. The summed E-state index contributed by atoms with van der Waals surface area (Å²) in [4.78, 5) is 38.0. The van der Waals surface area contributed by atoms with Gasteiger partial charge in [0.1, 0.15) is 6.04 Å². The summed E-state index contributed by atoms with van der Waals surface area (Å²) >= 11 is 0. The molecule has 1 saturated carbocycles. The van der Waals surface area contributed by atoms with Gasteiger partial charge in [0.25, 0.3) is 5.69 Å². The maximum Gasteiger partial charge on any atom is 0.328 e. The third-order valence-corrected chi connectivity index (χ3v) is 6.01. The van der Waals surface area contributed by atoms with Crippen LogP contribution < -0.4 is 0 Å². The second-order valence-electron chi connectivity index (χ2n) is 7.61. The number of carbonyl (C=O) groups is 2. The van der Waals surface area contributed by atoms with Gasteiger partial charge in [0, 0.05) is 30.5 Å². The number of hydrogen-bond donors (Lipinski definition) is 0. The summed E-state index contributed by atoms with van der Waals surface area (Å²) in [6.07, 6.45) is 6.98. The Morgan fingerprint density at radius 1 is 1.19 bits per heavy atom.